The van der Waals surface area contributed by atoms with Crippen molar-refractivity contribution in [2.24, 2.45) is 0 Å². The Kier molecular flexibility index (Phi) is 18.4. The lowest BCUT2D eigenvalue weighted by Gasteiger charge is -2.22. The Bertz CT molecular complexity index is 1770. The number of hydrogen-bond acceptors (Lipinski definition) is 4. The molecular formula is C44H57ClI2O4. The predicted octanol–water partition coefficient (Wildman–Crippen LogP) is 14.6. The molecule has 0 aliphatic heterocycles. The summed E-state index contributed by atoms with van der Waals surface area (Å²) in [6, 6.07) is 6.67. The molecule has 0 spiro atoms. The van der Waals surface area contributed by atoms with Gasteiger partial charge in [-0.15, -0.1) is 0 Å². The Morgan fingerprint density at radius 2 is 0.588 bits per heavy atom. The molecule has 0 heterocycles. The molecule has 4 nitrogen and oxygen atoms in total. The van der Waals surface area contributed by atoms with Gasteiger partial charge in [0.2, 0.25) is 5.24 Å². The van der Waals surface area contributed by atoms with E-state index in [2.05, 4.69) is 150 Å². The molecule has 0 unspecified atom stereocenters. The zero-order valence-corrected chi connectivity index (χ0v) is 39.1. The van der Waals surface area contributed by atoms with Gasteiger partial charge < -0.3 is 9.47 Å². The second kappa shape index (κ2) is 20.1. The van der Waals surface area contributed by atoms with Crippen LogP contribution in [-0.2, 0) is 4.79 Å². The average molecular weight is 939 g/mol. The fraction of sp³-hybridized carbons (Fsp3) is 0.409. The van der Waals surface area contributed by atoms with Crippen molar-refractivity contribution < 1.29 is 19.1 Å². The molecule has 278 valence electrons. The zero-order valence-electron chi connectivity index (χ0n) is 34.0. The van der Waals surface area contributed by atoms with Crippen LogP contribution in [0.1, 0.15) is 113 Å². The van der Waals surface area contributed by atoms with Crippen molar-refractivity contribution in [3.05, 3.63) is 113 Å². The van der Waals surface area contributed by atoms with Crippen LogP contribution in [0.2, 0.25) is 0 Å². The van der Waals surface area contributed by atoms with Crippen LogP contribution in [0.15, 0.2) is 18.2 Å². The first-order chi connectivity index (χ1) is 23.5. The fourth-order valence-corrected chi connectivity index (χ4v) is 6.16. The summed E-state index contributed by atoms with van der Waals surface area (Å²) >= 11 is 8.88. The molecule has 0 saturated heterocycles. The first-order valence-corrected chi connectivity index (χ1v) is 23.7. The molecule has 4 aromatic carbocycles. The predicted molar refractivity (Wildman–Crippen MR) is 236 cm³/mol. The van der Waals surface area contributed by atoms with Gasteiger partial charge in [0.15, 0.2) is 5.78 Å². The maximum absolute atomic E-state index is 12.0. The molecule has 51 heavy (non-hydrogen) atoms. The standard InChI is InChI=1S/C22H28O2.C20H26O.C2H3ClO.I2/c1-11-10-12(2)14(4)21(13(11)3)24-22-17(7)15(5)20(19(9)23)16(6)18(22)8;1-11-9-12(2)16(6)19(15(11)5)21-20-17(7)13(3)10-14(4)18(20)8;1-2(3)4;1-2/h10H,1-9H3;9-10H,1-8H3;1H3;. The lowest BCUT2D eigenvalue weighted by molar-refractivity contribution is -0.109. The number of aryl methyl sites for hydroxylation is 6. The minimum Gasteiger partial charge on any atom is -0.456 e. The SMILES string of the molecule is CC(=O)Cl.CC(=O)c1c(C)c(C)c(Oc2c(C)c(C)cc(C)c2C)c(C)c1C.Cc1cc(C)c(C)c(Oc2c(C)c(C)cc(C)c2C)c1C.II. The summed E-state index contributed by atoms with van der Waals surface area (Å²) < 4.78 is 12.9. The number of halogens is 3. The van der Waals surface area contributed by atoms with Crippen LogP contribution in [0.3, 0.4) is 0 Å². The number of carbonyl (C=O) groups is 2. The minimum atomic E-state index is -0.361. The highest BCUT2D eigenvalue weighted by Gasteiger charge is 2.21. The molecule has 0 bridgehead atoms. The maximum atomic E-state index is 12.0. The number of Topliss-reactive ketones (excluding diaryl/α,β-unsaturated/α-hetero) is 1. The number of ether oxygens (including phenoxy) is 2. The van der Waals surface area contributed by atoms with Crippen LogP contribution >= 0.6 is 48.8 Å². The molecule has 0 fully saturated rings. The van der Waals surface area contributed by atoms with Gasteiger partial charge in [0, 0.05) is 49.7 Å². The van der Waals surface area contributed by atoms with Crippen molar-refractivity contribution in [1.29, 1.82) is 0 Å². The smallest absolute Gasteiger partial charge is 0.218 e. The van der Waals surface area contributed by atoms with E-state index in [4.69, 9.17) is 9.47 Å². The highest BCUT2D eigenvalue weighted by molar-refractivity contribution is 15.0. The third kappa shape index (κ3) is 11.3. The van der Waals surface area contributed by atoms with Gasteiger partial charge in [-0.05, 0) is 218 Å². The van der Waals surface area contributed by atoms with Crippen LogP contribution < -0.4 is 9.47 Å². The van der Waals surface area contributed by atoms with E-state index in [9.17, 15) is 9.59 Å². The first kappa shape index (κ1) is 46.6. The van der Waals surface area contributed by atoms with Crippen LogP contribution in [0.4, 0.5) is 0 Å². The second-order valence-corrected chi connectivity index (χ2v) is 14.2. The summed E-state index contributed by atoms with van der Waals surface area (Å²) in [7, 11) is 0. The number of carbonyl (C=O) groups excluding carboxylic acids is 2. The molecule has 0 aliphatic carbocycles. The highest BCUT2D eigenvalue weighted by Crippen LogP contribution is 2.40. The first-order valence-electron chi connectivity index (χ1n) is 17.0. The fourth-order valence-electron chi connectivity index (χ4n) is 6.16. The van der Waals surface area contributed by atoms with Crippen molar-refractivity contribution >= 4 is 59.9 Å². The molecule has 0 aromatic heterocycles. The highest BCUT2D eigenvalue weighted by atomic mass is 128. The molecule has 0 aliphatic rings. The zero-order chi connectivity index (χ0) is 39.8. The summed E-state index contributed by atoms with van der Waals surface area (Å²) in [5, 5.41) is -0.361. The van der Waals surface area contributed by atoms with Gasteiger partial charge in [0.05, 0.1) is 0 Å². The summed E-state index contributed by atoms with van der Waals surface area (Å²) in [6.45, 7) is 36.6. The average Bonchev–Trinajstić information content (AvgIpc) is 3.05. The number of hydrogen-bond donors (Lipinski definition) is 0. The monoisotopic (exact) mass is 938 g/mol. The van der Waals surface area contributed by atoms with E-state index in [0.717, 1.165) is 50.8 Å². The third-order valence-electron chi connectivity index (χ3n) is 10.2. The largest absolute Gasteiger partial charge is 0.456 e. The lowest BCUT2D eigenvalue weighted by atomic mass is 9.91. The molecule has 4 aromatic rings. The summed E-state index contributed by atoms with van der Waals surface area (Å²) in [4.78, 5) is 21.2. The minimum absolute atomic E-state index is 0.113. The molecular weight excluding hydrogens is 882 g/mol. The second-order valence-electron chi connectivity index (χ2n) is 13.7. The summed E-state index contributed by atoms with van der Waals surface area (Å²) in [5.74, 6) is 3.97. The van der Waals surface area contributed by atoms with Crippen molar-refractivity contribution in [2.75, 3.05) is 0 Å². The quantitative estimate of drug-likeness (QED) is 0.114. The van der Waals surface area contributed by atoms with E-state index in [0.29, 0.717) is 0 Å². The van der Waals surface area contributed by atoms with Crippen molar-refractivity contribution in [3.63, 3.8) is 0 Å². The van der Waals surface area contributed by atoms with Crippen molar-refractivity contribution in [1.82, 2.24) is 0 Å². The van der Waals surface area contributed by atoms with Crippen LogP contribution in [0.25, 0.3) is 0 Å². The number of benzene rings is 4. The van der Waals surface area contributed by atoms with E-state index in [1.165, 1.54) is 73.7 Å². The molecule has 7 heteroatoms. The number of rotatable bonds is 5. The number of ketones is 1. The Hall–Kier alpha value is -2.43. The summed E-state index contributed by atoms with van der Waals surface area (Å²) in [5.41, 5.74) is 19.8. The normalized spacial score (nSPS) is 10.2. The maximum Gasteiger partial charge on any atom is 0.218 e. The van der Waals surface area contributed by atoms with Crippen LogP contribution in [0.5, 0.6) is 23.0 Å². The van der Waals surface area contributed by atoms with E-state index >= 15 is 0 Å². The van der Waals surface area contributed by atoms with Gasteiger partial charge in [-0.1, -0.05) is 18.2 Å². The van der Waals surface area contributed by atoms with E-state index in [1.54, 1.807) is 6.92 Å². The van der Waals surface area contributed by atoms with E-state index in [-0.39, 0.29) is 11.0 Å². The molecule has 0 atom stereocenters. The Morgan fingerprint density at radius 1 is 0.412 bits per heavy atom. The Morgan fingerprint density at radius 3 is 0.765 bits per heavy atom. The van der Waals surface area contributed by atoms with Gasteiger partial charge in [-0.3, -0.25) is 9.59 Å². The molecule has 0 N–H and O–H groups in total. The lowest BCUT2D eigenvalue weighted by Crippen LogP contribution is -2.07. The topological polar surface area (TPSA) is 52.6 Å². The van der Waals surface area contributed by atoms with Crippen molar-refractivity contribution in [2.45, 2.75) is 125 Å². The third-order valence-corrected chi connectivity index (χ3v) is 10.2. The van der Waals surface area contributed by atoms with Crippen LogP contribution in [-0.4, -0.2) is 11.0 Å². The van der Waals surface area contributed by atoms with Gasteiger partial charge in [-0.2, -0.15) is 0 Å². The van der Waals surface area contributed by atoms with Gasteiger partial charge >= 0.3 is 0 Å². The van der Waals surface area contributed by atoms with Gasteiger partial charge in [-0.25, -0.2) is 0 Å². The van der Waals surface area contributed by atoms with Crippen molar-refractivity contribution in [3.8, 4) is 23.0 Å². The molecule has 0 amide bonds. The Labute approximate surface area is 336 Å². The molecule has 0 radical (unpaired) electrons. The summed E-state index contributed by atoms with van der Waals surface area (Å²) in [6.07, 6.45) is 0. The van der Waals surface area contributed by atoms with E-state index in [1.807, 2.05) is 27.7 Å². The Balaban J connectivity index is 0.000000445. The molecule has 0 saturated carbocycles. The van der Waals surface area contributed by atoms with E-state index < -0.39 is 0 Å². The van der Waals surface area contributed by atoms with Gasteiger partial charge in [0.25, 0.3) is 0 Å². The molecule has 4 rings (SSSR count). The van der Waals surface area contributed by atoms with Crippen LogP contribution in [0, 0.1) is 111 Å². The van der Waals surface area contributed by atoms with Gasteiger partial charge in [0.1, 0.15) is 23.0 Å².